The van der Waals surface area contributed by atoms with Crippen molar-refractivity contribution in [3.63, 3.8) is 0 Å². The maximum atomic E-state index is 10.1. The summed E-state index contributed by atoms with van der Waals surface area (Å²) in [4.78, 5) is 3.11. The van der Waals surface area contributed by atoms with Gasteiger partial charge in [0.25, 0.3) is 10.9 Å². The number of ether oxygens (including phenoxy) is 3. The lowest BCUT2D eigenvalue weighted by Gasteiger charge is -2.23. The number of nitrogens with zero attached hydrogens (tertiary/aromatic N) is 2. The number of amidine groups is 1. The fourth-order valence-corrected chi connectivity index (χ4v) is 5.81. The zero-order valence-electron chi connectivity index (χ0n) is 14.5. The second-order valence-electron chi connectivity index (χ2n) is 6.47. The summed E-state index contributed by atoms with van der Waals surface area (Å²) in [6, 6.07) is 10.2. The van der Waals surface area contributed by atoms with E-state index in [2.05, 4.69) is 17.1 Å². The van der Waals surface area contributed by atoms with Crippen molar-refractivity contribution in [1.82, 2.24) is 0 Å². The molecule has 7 nitrogen and oxygen atoms in total. The van der Waals surface area contributed by atoms with E-state index in [0.29, 0.717) is 30.5 Å². The Morgan fingerprint density at radius 2 is 2.19 bits per heavy atom. The van der Waals surface area contributed by atoms with Gasteiger partial charge < -0.3 is 14.2 Å². The number of thioether (sulfide) groups is 1. The molecule has 0 radical (unpaired) electrons. The molecule has 0 aromatic heterocycles. The molecule has 2 aliphatic heterocycles. The Morgan fingerprint density at radius 1 is 1.38 bits per heavy atom. The van der Waals surface area contributed by atoms with E-state index in [9.17, 15) is 10.5 Å². The van der Waals surface area contributed by atoms with Crippen molar-refractivity contribution >= 4 is 17.6 Å². The van der Waals surface area contributed by atoms with Crippen molar-refractivity contribution in [2.24, 2.45) is 16.6 Å². The lowest BCUT2D eigenvalue weighted by Crippen LogP contribution is -2.88. The predicted octanol–water partition coefficient (Wildman–Crippen LogP) is 0.0797. The molecule has 0 unspecified atom stereocenters. The van der Waals surface area contributed by atoms with Gasteiger partial charge in [-0.15, -0.1) is 0 Å². The Balaban J connectivity index is 1.85. The molecule has 2 heterocycles. The van der Waals surface area contributed by atoms with Crippen LogP contribution in [-0.2, 0) is 4.74 Å². The van der Waals surface area contributed by atoms with Crippen LogP contribution in [0.4, 0.5) is 0 Å². The maximum absolute atomic E-state index is 10.1. The number of fused-ring (bicyclic) bond motifs is 2. The van der Waals surface area contributed by atoms with E-state index in [4.69, 9.17) is 19.9 Å². The SMILES string of the molecule is CCOc1ccc([C@H]2[C@@]3(C#N)[C@@]4([NH+]=C(N)[C@@]23C#N)OCCS4)cc1OC. The van der Waals surface area contributed by atoms with Gasteiger partial charge in [-0.3, -0.25) is 5.73 Å². The van der Waals surface area contributed by atoms with Gasteiger partial charge in [-0.25, -0.2) is 4.99 Å². The third-order valence-electron chi connectivity index (χ3n) is 5.52. The number of nitrogens with one attached hydrogen (secondary N) is 1. The number of nitriles is 2. The smallest absolute Gasteiger partial charge is 0.277 e. The van der Waals surface area contributed by atoms with Crippen molar-refractivity contribution in [1.29, 1.82) is 10.5 Å². The van der Waals surface area contributed by atoms with Gasteiger partial charge in [0.05, 0.1) is 32.5 Å². The van der Waals surface area contributed by atoms with Gasteiger partial charge in [-0.1, -0.05) is 17.8 Å². The van der Waals surface area contributed by atoms with Crippen LogP contribution in [0.3, 0.4) is 0 Å². The number of rotatable bonds is 4. The first-order valence-electron chi connectivity index (χ1n) is 8.39. The first-order valence-corrected chi connectivity index (χ1v) is 9.37. The number of hydrogen-bond acceptors (Lipinski definition) is 7. The van der Waals surface area contributed by atoms with Gasteiger partial charge in [0.15, 0.2) is 22.3 Å². The van der Waals surface area contributed by atoms with Crippen LogP contribution in [0.1, 0.15) is 18.4 Å². The van der Waals surface area contributed by atoms with E-state index < -0.39 is 21.8 Å². The molecule has 1 aromatic rings. The average molecular weight is 371 g/mol. The van der Waals surface area contributed by atoms with Crippen molar-refractivity contribution in [3.05, 3.63) is 23.8 Å². The molecule has 4 atom stereocenters. The van der Waals surface area contributed by atoms with Crippen molar-refractivity contribution < 1.29 is 19.2 Å². The minimum absolute atomic E-state index is 0.300. The maximum Gasteiger partial charge on any atom is 0.277 e. The van der Waals surface area contributed by atoms with E-state index in [1.54, 1.807) is 13.2 Å². The van der Waals surface area contributed by atoms with Crippen LogP contribution in [0.5, 0.6) is 11.5 Å². The Bertz CT molecular complexity index is 883. The predicted molar refractivity (Wildman–Crippen MR) is 94.3 cm³/mol. The summed E-state index contributed by atoms with van der Waals surface area (Å²) in [5.74, 6) is 1.83. The minimum Gasteiger partial charge on any atom is -0.493 e. The quantitative estimate of drug-likeness (QED) is 0.770. The third kappa shape index (κ3) is 1.69. The van der Waals surface area contributed by atoms with Crippen molar-refractivity contribution in [2.45, 2.75) is 17.9 Å². The molecule has 2 fully saturated rings. The fraction of sp³-hybridized carbons (Fsp3) is 0.500. The molecule has 1 spiro atoms. The normalized spacial score (nSPS) is 36.8. The molecule has 8 heteroatoms. The molecule has 3 N–H and O–H groups in total. The Morgan fingerprint density at radius 3 is 2.77 bits per heavy atom. The van der Waals surface area contributed by atoms with Crippen LogP contribution in [0, 0.1) is 33.5 Å². The molecule has 3 aliphatic rings. The lowest BCUT2D eigenvalue weighted by atomic mass is 9.95. The summed E-state index contributed by atoms with van der Waals surface area (Å²) in [6.45, 7) is 2.92. The number of methoxy groups -OCH3 is 1. The number of nitrogens with two attached hydrogens (primary N) is 1. The topological polar surface area (TPSA) is 115 Å². The van der Waals surface area contributed by atoms with E-state index >= 15 is 0 Å². The first-order chi connectivity index (χ1) is 12.6. The summed E-state index contributed by atoms with van der Waals surface area (Å²) >= 11 is 1.50. The monoisotopic (exact) mass is 371 g/mol. The molecule has 0 amide bonds. The van der Waals surface area contributed by atoms with Crippen LogP contribution in [-0.4, -0.2) is 37.0 Å². The Labute approximate surface area is 155 Å². The molecule has 134 valence electrons. The summed E-state index contributed by atoms with van der Waals surface area (Å²) < 4.78 is 16.9. The van der Waals surface area contributed by atoms with E-state index in [1.165, 1.54) is 11.8 Å². The molecular formula is C18H19N4O3S+. The summed E-state index contributed by atoms with van der Waals surface area (Å²) in [5.41, 5.74) is 4.84. The highest BCUT2D eigenvalue weighted by Gasteiger charge is 2.96. The summed E-state index contributed by atoms with van der Waals surface area (Å²) in [7, 11) is 1.56. The molecule has 4 rings (SSSR count). The molecule has 1 aromatic carbocycles. The molecule has 1 saturated carbocycles. The Kier molecular flexibility index (Phi) is 3.62. The van der Waals surface area contributed by atoms with Gasteiger partial charge in [0.2, 0.25) is 0 Å². The van der Waals surface area contributed by atoms with Crippen LogP contribution >= 0.6 is 11.8 Å². The fourth-order valence-electron chi connectivity index (χ4n) is 4.46. The van der Waals surface area contributed by atoms with E-state index in [0.717, 1.165) is 11.3 Å². The number of hydrogen-bond donors (Lipinski definition) is 2. The zero-order valence-corrected chi connectivity index (χ0v) is 15.4. The standard InChI is InChI=1S/C18H18N4O3S/c1-3-24-12-5-4-11(8-13(12)23-2)14-16(9-19)15(21)22-18(17(14,16)10-20)25-6-7-26-18/h4-5,8,14H,3,6-7H2,1-2H3,(H2,21,22)/p+1/t14-,16-,17-,18-/m1/s1. The second-order valence-corrected chi connectivity index (χ2v) is 7.74. The minimum atomic E-state index is -1.13. The van der Waals surface area contributed by atoms with E-state index in [-0.39, 0.29) is 0 Å². The Hall–Kier alpha value is -2.42. The third-order valence-corrected chi connectivity index (χ3v) is 6.83. The first kappa shape index (κ1) is 17.0. The van der Waals surface area contributed by atoms with Crippen LogP contribution in [0.15, 0.2) is 18.2 Å². The van der Waals surface area contributed by atoms with Crippen LogP contribution in [0.25, 0.3) is 0 Å². The largest absolute Gasteiger partial charge is 0.493 e. The molecule has 1 saturated heterocycles. The van der Waals surface area contributed by atoms with E-state index in [1.807, 2.05) is 19.1 Å². The van der Waals surface area contributed by atoms with Gasteiger partial charge in [0.1, 0.15) is 0 Å². The lowest BCUT2D eigenvalue weighted by molar-refractivity contribution is -0.583. The molecular weight excluding hydrogens is 352 g/mol. The molecule has 1 aliphatic carbocycles. The van der Waals surface area contributed by atoms with Gasteiger partial charge in [-0.2, -0.15) is 10.5 Å². The van der Waals surface area contributed by atoms with Crippen LogP contribution < -0.4 is 20.2 Å². The highest BCUT2D eigenvalue weighted by molar-refractivity contribution is 8.00. The zero-order chi connectivity index (χ0) is 18.6. The molecule has 0 bridgehead atoms. The summed E-state index contributed by atoms with van der Waals surface area (Å²) in [5, 5.41) is 19.2. The highest BCUT2D eigenvalue weighted by atomic mass is 32.2. The average Bonchev–Trinajstić information content (AvgIpc) is 2.90. The summed E-state index contributed by atoms with van der Waals surface area (Å²) in [6.07, 6.45) is 0. The van der Waals surface area contributed by atoms with Crippen molar-refractivity contribution in [3.8, 4) is 23.6 Å². The van der Waals surface area contributed by atoms with Gasteiger partial charge >= 0.3 is 0 Å². The van der Waals surface area contributed by atoms with Gasteiger partial charge in [0, 0.05) is 11.7 Å². The second kappa shape index (κ2) is 5.54. The van der Waals surface area contributed by atoms with Gasteiger partial charge in [-0.05, 0) is 24.6 Å². The van der Waals surface area contributed by atoms with Crippen LogP contribution in [0.2, 0.25) is 0 Å². The highest BCUT2D eigenvalue weighted by Crippen LogP contribution is 2.80. The number of benzene rings is 1. The van der Waals surface area contributed by atoms with Crippen molar-refractivity contribution in [2.75, 3.05) is 26.1 Å². The molecule has 26 heavy (non-hydrogen) atoms.